The number of nitrogens with two attached hydrogens (primary N) is 1. The van der Waals surface area contributed by atoms with Crippen molar-refractivity contribution in [2.75, 3.05) is 11.9 Å². The fourth-order valence-electron chi connectivity index (χ4n) is 1.82. The summed E-state index contributed by atoms with van der Waals surface area (Å²) in [7, 11) is 0. The molecule has 2 rings (SSSR count). The summed E-state index contributed by atoms with van der Waals surface area (Å²) in [4.78, 5) is 23.2. The average molecular weight is 295 g/mol. The van der Waals surface area contributed by atoms with Crippen LogP contribution in [0.4, 0.5) is 5.69 Å². The Morgan fingerprint density at radius 3 is 2.55 bits per heavy atom. The summed E-state index contributed by atoms with van der Waals surface area (Å²) in [6, 6.07) is 15.0. The van der Waals surface area contributed by atoms with E-state index in [1.807, 2.05) is 6.07 Å². The Labute approximate surface area is 127 Å². The highest BCUT2D eigenvalue weighted by atomic mass is 16.5. The predicted octanol–water partition coefficient (Wildman–Crippen LogP) is 1.67. The number of rotatable bonds is 5. The SMILES string of the molecule is N#Cc1ccccc1OCC(=O)Nc1ccccc1C(N)=O. The summed E-state index contributed by atoms with van der Waals surface area (Å²) < 4.78 is 5.31. The van der Waals surface area contributed by atoms with Crippen molar-refractivity contribution in [2.24, 2.45) is 5.73 Å². The Morgan fingerprint density at radius 1 is 1.14 bits per heavy atom. The number of benzene rings is 2. The van der Waals surface area contributed by atoms with Crippen molar-refractivity contribution in [1.82, 2.24) is 0 Å². The van der Waals surface area contributed by atoms with Gasteiger partial charge in [0.1, 0.15) is 11.8 Å². The molecule has 6 nitrogen and oxygen atoms in total. The number of para-hydroxylation sites is 2. The van der Waals surface area contributed by atoms with Gasteiger partial charge in [-0.1, -0.05) is 24.3 Å². The molecule has 0 fully saturated rings. The van der Waals surface area contributed by atoms with Gasteiger partial charge in [0, 0.05) is 0 Å². The second kappa shape index (κ2) is 6.90. The van der Waals surface area contributed by atoms with Crippen molar-refractivity contribution in [2.45, 2.75) is 0 Å². The molecule has 0 aliphatic carbocycles. The van der Waals surface area contributed by atoms with Crippen LogP contribution in [-0.4, -0.2) is 18.4 Å². The van der Waals surface area contributed by atoms with Gasteiger partial charge in [0.05, 0.1) is 16.8 Å². The number of primary amides is 1. The second-order valence-corrected chi connectivity index (χ2v) is 4.35. The van der Waals surface area contributed by atoms with E-state index in [9.17, 15) is 9.59 Å². The van der Waals surface area contributed by atoms with Gasteiger partial charge in [0.15, 0.2) is 6.61 Å². The number of nitriles is 1. The lowest BCUT2D eigenvalue weighted by molar-refractivity contribution is -0.118. The first kappa shape index (κ1) is 15.1. The van der Waals surface area contributed by atoms with Gasteiger partial charge in [0.25, 0.3) is 11.8 Å². The zero-order chi connectivity index (χ0) is 15.9. The lowest BCUT2D eigenvalue weighted by Crippen LogP contribution is -2.23. The van der Waals surface area contributed by atoms with Gasteiger partial charge in [-0.05, 0) is 24.3 Å². The highest BCUT2D eigenvalue weighted by molar-refractivity contribution is 6.03. The minimum atomic E-state index is -0.633. The van der Waals surface area contributed by atoms with Crippen molar-refractivity contribution in [1.29, 1.82) is 5.26 Å². The topological polar surface area (TPSA) is 105 Å². The van der Waals surface area contributed by atoms with Gasteiger partial charge < -0.3 is 15.8 Å². The number of ether oxygens (including phenoxy) is 1. The molecule has 0 bridgehead atoms. The van der Waals surface area contributed by atoms with Gasteiger partial charge in [-0.15, -0.1) is 0 Å². The average Bonchev–Trinajstić information content (AvgIpc) is 2.53. The van der Waals surface area contributed by atoms with Crippen LogP contribution in [0, 0.1) is 11.3 Å². The van der Waals surface area contributed by atoms with Crippen LogP contribution in [0.1, 0.15) is 15.9 Å². The van der Waals surface area contributed by atoms with Crippen LogP contribution < -0.4 is 15.8 Å². The summed E-state index contributed by atoms with van der Waals surface area (Å²) in [5.74, 6) is -0.767. The molecule has 0 saturated carbocycles. The van der Waals surface area contributed by atoms with Crippen LogP contribution in [0.2, 0.25) is 0 Å². The van der Waals surface area contributed by atoms with Crippen LogP contribution in [0.5, 0.6) is 5.75 Å². The maximum absolute atomic E-state index is 11.9. The van der Waals surface area contributed by atoms with E-state index in [0.29, 0.717) is 17.0 Å². The lowest BCUT2D eigenvalue weighted by atomic mass is 10.1. The zero-order valence-corrected chi connectivity index (χ0v) is 11.6. The Morgan fingerprint density at radius 2 is 1.82 bits per heavy atom. The normalized spacial score (nSPS) is 9.59. The Hall–Kier alpha value is -3.33. The van der Waals surface area contributed by atoms with Crippen molar-refractivity contribution >= 4 is 17.5 Å². The smallest absolute Gasteiger partial charge is 0.262 e. The first-order valence-corrected chi connectivity index (χ1v) is 6.42. The molecular weight excluding hydrogens is 282 g/mol. The van der Waals surface area contributed by atoms with Gasteiger partial charge in [-0.3, -0.25) is 9.59 Å². The Kier molecular flexibility index (Phi) is 4.73. The maximum Gasteiger partial charge on any atom is 0.262 e. The number of anilines is 1. The molecule has 0 aliphatic rings. The van der Waals surface area contributed by atoms with Crippen LogP contribution >= 0.6 is 0 Å². The molecule has 6 heteroatoms. The van der Waals surface area contributed by atoms with Crippen molar-refractivity contribution in [3.8, 4) is 11.8 Å². The van der Waals surface area contributed by atoms with E-state index in [1.54, 1.807) is 42.5 Å². The largest absolute Gasteiger partial charge is 0.482 e. The molecule has 110 valence electrons. The van der Waals surface area contributed by atoms with E-state index < -0.39 is 11.8 Å². The van der Waals surface area contributed by atoms with E-state index in [0.717, 1.165) is 0 Å². The van der Waals surface area contributed by atoms with Gasteiger partial charge in [0.2, 0.25) is 0 Å². The molecule has 0 aliphatic heterocycles. The fraction of sp³-hybridized carbons (Fsp3) is 0.0625. The van der Waals surface area contributed by atoms with E-state index in [2.05, 4.69) is 5.32 Å². The molecule has 0 saturated heterocycles. The summed E-state index contributed by atoms with van der Waals surface area (Å²) in [5.41, 5.74) is 6.11. The molecular formula is C16H13N3O3. The third-order valence-electron chi connectivity index (χ3n) is 2.83. The minimum absolute atomic E-state index is 0.216. The van der Waals surface area contributed by atoms with E-state index in [-0.39, 0.29) is 12.2 Å². The molecule has 0 radical (unpaired) electrons. The summed E-state index contributed by atoms with van der Waals surface area (Å²) >= 11 is 0. The third-order valence-corrected chi connectivity index (χ3v) is 2.83. The molecule has 3 N–H and O–H groups in total. The molecule has 0 heterocycles. The molecule has 2 aromatic rings. The van der Waals surface area contributed by atoms with E-state index >= 15 is 0 Å². The fourth-order valence-corrected chi connectivity index (χ4v) is 1.82. The molecule has 0 unspecified atom stereocenters. The number of carbonyl (C=O) groups excluding carboxylic acids is 2. The van der Waals surface area contributed by atoms with Crippen LogP contribution in [0.25, 0.3) is 0 Å². The van der Waals surface area contributed by atoms with Gasteiger partial charge >= 0.3 is 0 Å². The van der Waals surface area contributed by atoms with Gasteiger partial charge in [-0.2, -0.15) is 5.26 Å². The number of nitrogens with one attached hydrogen (secondary N) is 1. The van der Waals surface area contributed by atoms with E-state index in [4.69, 9.17) is 15.7 Å². The summed E-state index contributed by atoms with van der Waals surface area (Å²) in [6.07, 6.45) is 0. The zero-order valence-electron chi connectivity index (χ0n) is 11.6. The number of nitrogens with zero attached hydrogens (tertiary/aromatic N) is 1. The summed E-state index contributed by atoms with van der Waals surface area (Å²) in [6.45, 7) is -0.286. The van der Waals surface area contributed by atoms with Crippen LogP contribution in [0.15, 0.2) is 48.5 Å². The number of amides is 2. The monoisotopic (exact) mass is 295 g/mol. The third kappa shape index (κ3) is 3.61. The van der Waals surface area contributed by atoms with E-state index in [1.165, 1.54) is 6.07 Å². The van der Waals surface area contributed by atoms with Gasteiger partial charge in [-0.25, -0.2) is 0 Å². The molecule has 0 spiro atoms. The highest BCUT2D eigenvalue weighted by Crippen LogP contribution is 2.17. The second-order valence-electron chi connectivity index (χ2n) is 4.35. The first-order chi connectivity index (χ1) is 10.6. The quantitative estimate of drug-likeness (QED) is 0.875. The molecule has 0 atom stereocenters. The van der Waals surface area contributed by atoms with Crippen LogP contribution in [0.3, 0.4) is 0 Å². The predicted molar refractivity (Wildman–Crippen MR) is 80.2 cm³/mol. The van der Waals surface area contributed by atoms with Crippen molar-refractivity contribution < 1.29 is 14.3 Å². The van der Waals surface area contributed by atoms with Crippen molar-refractivity contribution in [3.63, 3.8) is 0 Å². The molecule has 2 amide bonds. The molecule has 22 heavy (non-hydrogen) atoms. The number of hydrogen-bond donors (Lipinski definition) is 2. The van der Waals surface area contributed by atoms with Crippen molar-refractivity contribution in [3.05, 3.63) is 59.7 Å². The first-order valence-electron chi connectivity index (χ1n) is 6.42. The minimum Gasteiger partial charge on any atom is -0.482 e. The Bertz CT molecular complexity index is 750. The van der Waals surface area contributed by atoms with Crippen LogP contribution in [-0.2, 0) is 4.79 Å². The molecule has 2 aromatic carbocycles. The Balaban J connectivity index is 2.03. The standard InChI is InChI=1S/C16H13N3O3/c17-9-11-5-1-4-8-14(11)22-10-15(20)19-13-7-3-2-6-12(13)16(18)21/h1-8H,10H2,(H2,18,21)(H,19,20). The number of hydrogen-bond acceptors (Lipinski definition) is 4. The lowest BCUT2D eigenvalue weighted by Gasteiger charge is -2.10. The maximum atomic E-state index is 11.9. The summed E-state index contributed by atoms with van der Waals surface area (Å²) in [5, 5.41) is 11.5. The molecule has 0 aromatic heterocycles. The number of carbonyl (C=O) groups is 2. The highest BCUT2D eigenvalue weighted by Gasteiger charge is 2.11.